The molecule has 11 heavy (non-hydrogen) atoms. The molecule has 0 bridgehead atoms. The lowest BCUT2D eigenvalue weighted by Gasteiger charge is -1.99. The maximum atomic E-state index is 10.4. The largest absolute Gasteiger partial charge is 0.478 e. The molecule has 1 rings (SSSR count). The SMILES string of the molecule is [B]c1cc(C(=O)O)cnc1C. The monoisotopic (exact) mass is 147 g/mol. The van der Waals surface area contributed by atoms with Crippen molar-refractivity contribution in [3.63, 3.8) is 0 Å². The molecule has 1 heterocycles. The molecule has 0 aliphatic carbocycles. The highest BCUT2D eigenvalue weighted by Crippen LogP contribution is 1.95. The summed E-state index contributed by atoms with van der Waals surface area (Å²) in [5.41, 5.74) is 1.17. The first-order valence-corrected chi connectivity index (χ1v) is 3.06. The topological polar surface area (TPSA) is 50.2 Å². The molecule has 54 valence electrons. The molecule has 0 spiro atoms. The third kappa shape index (κ3) is 1.58. The van der Waals surface area contributed by atoms with E-state index in [9.17, 15) is 4.79 Å². The Balaban J connectivity index is 3.15. The third-order valence-electron chi connectivity index (χ3n) is 1.37. The van der Waals surface area contributed by atoms with Gasteiger partial charge in [-0.3, -0.25) is 4.98 Å². The maximum absolute atomic E-state index is 10.4. The number of hydrogen-bond donors (Lipinski definition) is 1. The second kappa shape index (κ2) is 2.74. The van der Waals surface area contributed by atoms with Crippen molar-refractivity contribution in [3.05, 3.63) is 23.5 Å². The Labute approximate surface area is 65.5 Å². The summed E-state index contributed by atoms with van der Waals surface area (Å²) < 4.78 is 0. The van der Waals surface area contributed by atoms with Gasteiger partial charge in [-0.05, 0) is 6.92 Å². The zero-order valence-electron chi connectivity index (χ0n) is 6.03. The zero-order valence-corrected chi connectivity index (χ0v) is 6.03. The van der Waals surface area contributed by atoms with Crippen LogP contribution in [0.2, 0.25) is 0 Å². The third-order valence-corrected chi connectivity index (χ3v) is 1.37. The molecule has 1 N–H and O–H groups in total. The minimum atomic E-state index is -1.01. The highest BCUT2D eigenvalue weighted by molar-refractivity contribution is 6.33. The van der Waals surface area contributed by atoms with E-state index in [0.29, 0.717) is 11.2 Å². The number of nitrogens with zero attached hydrogens (tertiary/aromatic N) is 1. The summed E-state index contributed by atoms with van der Waals surface area (Å²) in [4.78, 5) is 14.2. The van der Waals surface area contributed by atoms with E-state index in [-0.39, 0.29) is 5.56 Å². The van der Waals surface area contributed by atoms with Crippen LogP contribution in [0.15, 0.2) is 12.3 Å². The average molecular weight is 147 g/mol. The summed E-state index contributed by atoms with van der Waals surface area (Å²) in [5.74, 6) is -1.01. The van der Waals surface area contributed by atoms with Crippen molar-refractivity contribution in [1.82, 2.24) is 4.98 Å². The Morgan fingerprint density at radius 1 is 1.73 bits per heavy atom. The summed E-state index contributed by atoms with van der Waals surface area (Å²) >= 11 is 0. The highest BCUT2D eigenvalue weighted by atomic mass is 16.4. The Kier molecular flexibility index (Phi) is 1.94. The predicted octanol–water partition coefficient (Wildman–Crippen LogP) is -0.118. The first-order chi connectivity index (χ1) is 5.11. The molecule has 1 aromatic rings. The quantitative estimate of drug-likeness (QED) is 0.563. The summed E-state index contributed by atoms with van der Waals surface area (Å²) in [6.07, 6.45) is 1.29. The van der Waals surface area contributed by atoms with Gasteiger partial charge in [-0.25, -0.2) is 4.79 Å². The smallest absolute Gasteiger partial charge is 0.337 e. The molecular weight excluding hydrogens is 141 g/mol. The van der Waals surface area contributed by atoms with Crippen LogP contribution >= 0.6 is 0 Å². The van der Waals surface area contributed by atoms with Crippen molar-refractivity contribution >= 4 is 19.3 Å². The number of carboxylic acid groups (broad SMARTS) is 1. The first-order valence-electron chi connectivity index (χ1n) is 3.06. The lowest BCUT2D eigenvalue weighted by Crippen LogP contribution is -2.12. The van der Waals surface area contributed by atoms with Crippen LogP contribution in [0.25, 0.3) is 0 Å². The molecule has 4 heteroatoms. The van der Waals surface area contributed by atoms with Crippen molar-refractivity contribution in [3.8, 4) is 0 Å². The molecular formula is C7H6BNO2. The van der Waals surface area contributed by atoms with Crippen LogP contribution in [0.5, 0.6) is 0 Å². The fraction of sp³-hybridized carbons (Fsp3) is 0.143. The van der Waals surface area contributed by atoms with Crippen molar-refractivity contribution in [2.45, 2.75) is 6.92 Å². The van der Waals surface area contributed by atoms with Crippen LogP contribution in [0.3, 0.4) is 0 Å². The molecule has 0 aromatic carbocycles. The van der Waals surface area contributed by atoms with Gasteiger partial charge in [0.05, 0.1) is 5.56 Å². The van der Waals surface area contributed by atoms with Gasteiger partial charge >= 0.3 is 5.97 Å². The second-order valence-electron chi connectivity index (χ2n) is 2.20. The minimum Gasteiger partial charge on any atom is -0.478 e. The zero-order chi connectivity index (χ0) is 8.43. The van der Waals surface area contributed by atoms with Gasteiger partial charge in [0, 0.05) is 11.9 Å². The Bertz CT molecular complexity index is 298. The van der Waals surface area contributed by atoms with Crippen molar-refractivity contribution in [1.29, 1.82) is 0 Å². The van der Waals surface area contributed by atoms with Gasteiger partial charge in [-0.2, -0.15) is 0 Å². The molecule has 1 aromatic heterocycles. The maximum Gasteiger partial charge on any atom is 0.337 e. The van der Waals surface area contributed by atoms with E-state index in [0.717, 1.165) is 0 Å². The molecule has 0 unspecified atom stereocenters. The highest BCUT2D eigenvalue weighted by Gasteiger charge is 2.03. The van der Waals surface area contributed by atoms with Crippen LogP contribution in [-0.2, 0) is 0 Å². The van der Waals surface area contributed by atoms with E-state index < -0.39 is 5.97 Å². The number of rotatable bonds is 1. The Hall–Kier alpha value is -1.32. The van der Waals surface area contributed by atoms with Crippen LogP contribution in [0, 0.1) is 6.92 Å². The van der Waals surface area contributed by atoms with Gasteiger partial charge in [-0.1, -0.05) is 11.5 Å². The van der Waals surface area contributed by atoms with E-state index in [1.54, 1.807) is 6.92 Å². The number of aryl methyl sites for hydroxylation is 1. The van der Waals surface area contributed by atoms with Gasteiger partial charge in [0.15, 0.2) is 0 Å². The van der Waals surface area contributed by atoms with Gasteiger partial charge < -0.3 is 5.11 Å². The summed E-state index contributed by atoms with van der Waals surface area (Å²) in [6.45, 7) is 1.72. The van der Waals surface area contributed by atoms with Gasteiger partial charge in [-0.15, -0.1) is 0 Å². The molecule has 3 nitrogen and oxygen atoms in total. The van der Waals surface area contributed by atoms with E-state index in [4.69, 9.17) is 13.0 Å². The number of aromatic carboxylic acids is 1. The molecule has 0 fully saturated rings. The fourth-order valence-corrected chi connectivity index (χ4v) is 0.667. The van der Waals surface area contributed by atoms with Crippen LogP contribution in [0.1, 0.15) is 16.1 Å². The second-order valence-corrected chi connectivity index (χ2v) is 2.20. The summed E-state index contributed by atoms with van der Waals surface area (Å²) in [5, 5.41) is 8.50. The number of aromatic nitrogens is 1. The molecule has 0 atom stereocenters. The van der Waals surface area contributed by atoms with Gasteiger partial charge in [0.25, 0.3) is 0 Å². The standard InChI is InChI=1S/C7H6BNO2/c1-4-6(8)2-5(3-9-4)7(10)11/h2-3H,1H3,(H,10,11). The van der Waals surface area contributed by atoms with Crippen LogP contribution < -0.4 is 5.46 Å². The van der Waals surface area contributed by atoms with E-state index in [2.05, 4.69) is 4.98 Å². The van der Waals surface area contributed by atoms with Crippen molar-refractivity contribution < 1.29 is 9.90 Å². The number of carbonyl (C=O) groups is 1. The van der Waals surface area contributed by atoms with E-state index in [1.165, 1.54) is 12.3 Å². The van der Waals surface area contributed by atoms with E-state index in [1.807, 2.05) is 0 Å². The normalized spacial score (nSPS) is 9.55. The van der Waals surface area contributed by atoms with Gasteiger partial charge in [0.1, 0.15) is 7.85 Å². The fourth-order valence-electron chi connectivity index (χ4n) is 0.667. The lowest BCUT2D eigenvalue weighted by molar-refractivity contribution is 0.0696. The molecule has 0 saturated heterocycles. The van der Waals surface area contributed by atoms with Crippen molar-refractivity contribution in [2.24, 2.45) is 0 Å². The Morgan fingerprint density at radius 3 is 2.82 bits per heavy atom. The van der Waals surface area contributed by atoms with E-state index >= 15 is 0 Å². The van der Waals surface area contributed by atoms with Crippen LogP contribution in [0.4, 0.5) is 0 Å². The summed E-state index contributed by atoms with van der Waals surface area (Å²) in [6, 6.07) is 1.39. The van der Waals surface area contributed by atoms with Crippen LogP contribution in [-0.4, -0.2) is 23.9 Å². The number of hydrogen-bond acceptors (Lipinski definition) is 2. The lowest BCUT2D eigenvalue weighted by atomic mass is 9.93. The predicted molar refractivity (Wildman–Crippen MR) is 41.3 cm³/mol. The molecule has 0 saturated carbocycles. The minimum absolute atomic E-state index is 0.119. The van der Waals surface area contributed by atoms with Crippen molar-refractivity contribution in [2.75, 3.05) is 0 Å². The first kappa shape index (κ1) is 7.79. The summed E-state index contributed by atoms with van der Waals surface area (Å²) in [7, 11) is 5.43. The molecule has 2 radical (unpaired) electrons. The number of carboxylic acids is 1. The number of pyridine rings is 1. The van der Waals surface area contributed by atoms with Gasteiger partial charge in [0.2, 0.25) is 0 Å². The molecule has 0 aliphatic heterocycles. The average Bonchev–Trinajstić information content (AvgIpc) is 1.94. The molecule has 0 aliphatic rings. The Morgan fingerprint density at radius 2 is 2.36 bits per heavy atom. The molecule has 0 amide bonds.